The van der Waals surface area contributed by atoms with Crippen LogP contribution < -0.4 is 0 Å². The van der Waals surface area contributed by atoms with Crippen LogP contribution in [0.2, 0.25) is 5.02 Å². The van der Waals surface area contributed by atoms with Crippen LogP contribution in [-0.2, 0) is 0 Å². The molecule has 17 heavy (non-hydrogen) atoms. The number of halogens is 3. The third-order valence-electron chi connectivity index (χ3n) is 3.88. The van der Waals surface area contributed by atoms with Gasteiger partial charge in [-0.25, -0.2) is 0 Å². The van der Waals surface area contributed by atoms with Crippen LogP contribution in [0.3, 0.4) is 0 Å². The summed E-state index contributed by atoms with van der Waals surface area (Å²) in [7, 11) is 0. The van der Waals surface area contributed by atoms with Crippen molar-refractivity contribution in [1.29, 1.82) is 0 Å². The first-order valence-corrected chi connectivity index (χ1v) is 8.91. The monoisotopic (exact) mass is 398 g/mol. The Morgan fingerprint density at radius 3 is 2.71 bits per heavy atom. The highest BCUT2D eigenvalue weighted by Gasteiger charge is 2.37. The van der Waals surface area contributed by atoms with Gasteiger partial charge in [0.25, 0.3) is 0 Å². The summed E-state index contributed by atoms with van der Waals surface area (Å²) in [6.45, 7) is 4.80. The molecule has 1 saturated carbocycles. The molecule has 1 fully saturated rings. The van der Waals surface area contributed by atoms with Crippen LogP contribution in [0, 0.1) is 11.3 Å². The summed E-state index contributed by atoms with van der Waals surface area (Å²) < 4.78 is 1.05. The lowest BCUT2D eigenvalue weighted by Gasteiger charge is -2.41. The first kappa shape index (κ1) is 14.4. The zero-order valence-electron chi connectivity index (χ0n) is 10.1. The van der Waals surface area contributed by atoms with Crippen molar-refractivity contribution in [2.75, 3.05) is 0 Å². The van der Waals surface area contributed by atoms with Gasteiger partial charge in [0, 0.05) is 4.88 Å². The van der Waals surface area contributed by atoms with Gasteiger partial charge < -0.3 is 0 Å². The van der Waals surface area contributed by atoms with Gasteiger partial charge in [0.2, 0.25) is 0 Å². The quantitative estimate of drug-likeness (QED) is 0.478. The van der Waals surface area contributed by atoms with Crippen LogP contribution in [-0.4, -0.2) is 0 Å². The Morgan fingerprint density at radius 2 is 2.18 bits per heavy atom. The second-order valence-corrected chi connectivity index (χ2v) is 9.31. The van der Waals surface area contributed by atoms with Gasteiger partial charge in [0.1, 0.15) is 0 Å². The summed E-state index contributed by atoms with van der Waals surface area (Å²) >= 11 is 15.3. The Labute approximate surface area is 129 Å². The molecule has 0 N–H and O–H groups in total. The minimum Gasteiger partial charge on any atom is -0.130 e. The zero-order chi connectivity index (χ0) is 12.6. The van der Waals surface area contributed by atoms with Gasteiger partial charge in [0.15, 0.2) is 0 Å². The van der Waals surface area contributed by atoms with Gasteiger partial charge in [-0.3, -0.25) is 0 Å². The molecule has 1 aliphatic rings. The summed E-state index contributed by atoms with van der Waals surface area (Å²) in [5.74, 6) is 0.706. The first-order valence-electron chi connectivity index (χ1n) is 6.00. The lowest BCUT2D eigenvalue weighted by Crippen LogP contribution is -2.30. The zero-order valence-corrected chi connectivity index (χ0v) is 14.8. The molecule has 2 atom stereocenters. The number of rotatable bonds is 2. The molecule has 0 bridgehead atoms. The van der Waals surface area contributed by atoms with E-state index in [2.05, 4.69) is 51.8 Å². The average molecular weight is 401 g/mol. The number of hydrogen-bond acceptors (Lipinski definition) is 1. The fraction of sp³-hybridized carbons (Fsp3) is 0.692. The average Bonchev–Trinajstić information content (AvgIpc) is 2.58. The maximum atomic E-state index is 6.13. The molecule has 0 spiro atoms. The molecule has 0 aromatic carbocycles. The summed E-state index contributed by atoms with van der Waals surface area (Å²) in [4.78, 5) is 1.79. The van der Waals surface area contributed by atoms with Crippen molar-refractivity contribution in [2.24, 2.45) is 11.3 Å². The summed E-state index contributed by atoms with van der Waals surface area (Å²) in [5, 5.41) is 0.836. The minimum atomic E-state index is 0.426. The second kappa shape index (κ2) is 5.52. The molecule has 0 nitrogen and oxygen atoms in total. The molecule has 2 unspecified atom stereocenters. The highest BCUT2D eigenvalue weighted by molar-refractivity contribution is 9.11. The van der Waals surface area contributed by atoms with Crippen molar-refractivity contribution in [3.63, 3.8) is 0 Å². The highest BCUT2D eigenvalue weighted by atomic mass is 79.9. The van der Waals surface area contributed by atoms with Gasteiger partial charge in [0.05, 0.1) is 13.6 Å². The Kier molecular flexibility index (Phi) is 4.66. The Balaban J connectivity index is 2.21. The first-order chi connectivity index (χ1) is 7.92. The van der Waals surface area contributed by atoms with Crippen molar-refractivity contribution >= 4 is 54.8 Å². The molecule has 1 heterocycles. The maximum Gasteiger partial charge on any atom is 0.0887 e. The summed E-state index contributed by atoms with van der Waals surface area (Å²) in [6, 6.07) is 2.10. The van der Waals surface area contributed by atoms with Crippen molar-refractivity contribution < 1.29 is 0 Å². The SMILES string of the molecule is CC1(C)CCCCC1C(Br)c1cc(Cl)c(Br)s1. The van der Waals surface area contributed by atoms with Crippen LogP contribution >= 0.6 is 54.8 Å². The predicted molar refractivity (Wildman–Crippen MR) is 84.4 cm³/mol. The van der Waals surface area contributed by atoms with E-state index in [4.69, 9.17) is 11.6 Å². The Bertz CT molecular complexity index is 381. The Hall–Kier alpha value is 0.950. The van der Waals surface area contributed by atoms with E-state index in [0.717, 1.165) is 8.81 Å². The third kappa shape index (κ3) is 3.10. The van der Waals surface area contributed by atoms with E-state index < -0.39 is 0 Å². The van der Waals surface area contributed by atoms with Crippen molar-refractivity contribution in [3.8, 4) is 0 Å². The topological polar surface area (TPSA) is 0 Å². The van der Waals surface area contributed by atoms with Gasteiger partial charge in [-0.1, -0.05) is 54.2 Å². The predicted octanol–water partition coefficient (Wildman–Crippen LogP) is 6.82. The lowest BCUT2D eigenvalue weighted by atomic mass is 9.67. The minimum absolute atomic E-state index is 0.426. The fourth-order valence-corrected chi connectivity index (χ4v) is 5.94. The lowest BCUT2D eigenvalue weighted by molar-refractivity contribution is 0.137. The third-order valence-corrected chi connectivity index (χ3v) is 7.87. The van der Waals surface area contributed by atoms with Gasteiger partial charge in [-0.2, -0.15) is 0 Å². The van der Waals surface area contributed by atoms with Crippen LogP contribution in [0.1, 0.15) is 49.2 Å². The van der Waals surface area contributed by atoms with Crippen molar-refractivity contribution in [3.05, 3.63) is 19.8 Å². The normalized spacial score (nSPS) is 25.8. The van der Waals surface area contributed by atoms with E-state index in [1.165, 1.54) is 30.6 Å². The Morgan fingerprint density at radius 1 is 1.47 bits per heavy atom. The number of alkyl halides is 1. The second-order valence-electron chi connectivity index (χ2n) is 5.51. The number of hydrogen-bond donors (Lipinski definition) is 0. The van der Waals surface area contributed by atoms with Crippen LogP contribution in [0.25, 0.3) is 0 Å². The molecule has 1 aliphatic carbocycles. The van der Waals surface area contributed by atoms with Crippen LogP contribution in [0.5, 0.6) is 0 Å². The molecule has 96 valence electrons. The molecule has 1 aromatic rings. The molecular weight excluding hydrogens is 383 g/mol. The molecule has 0 aliphatic heterocycles. The maximum absolute atomic E-state index is 6.13. The van der Waals surface area contributed by atoms with Gasteiger partial charge in [-0.05, 0) is 46.2 Å². The van der Waals surface area contributed by atoms with E-state index >= 15 is 0 Å². The highest BCUT2D eigenvalue weighted by Crippen LogP contribution is 2.52. The molecule has 1 aromatic heterocycles. The van der Waals surface area contributed by atoms with E-state index in [9.17, 15) is 0 Å². The number of thiophene rings is 1. The molecule has 4 heteroatoms. The van der Waals surface area contributed by atoms with E-state index in [-0.39, 0.29) is 0 Å². The summed E-state index contributed by atoms with van der Waals surface area (Å²) in [5.41, 5.74) is 0.426. The molecular formula is C13H17Br2ClS. The van der Waals surface area contributed by atoms with Crippen LogP contribution in [0.15, 0.2) is 9.85 Å². The van der Waals surface area contributed by atoms with Crippen molar-refractivity contribution in [2.45, 2.75) is 44.4 Å². The largest absolute Gasteiger partial charge is 0.130 e. The molecule has 0 radical (unpaired) electrons. The standard InChI is InChI=1S/C13H17Br2ClS/c1-13(2)6-4-3-5-8(13)11(14)10-7-9(16)12(15)17-10/h7-8,11H,3-6H2,1-2H3. The summed E-state index contributed by atoms with van der Waals surface area (Å²) in [6.07, 6.45) is 5.38. The molecule has 0 amide bonds. The molecule has 2 rings (SSSR count). The van der Waals surface area contributed by atoms with Gasteiger partial charge in [-0.15, -0.1) is 11.3 Å². The van der Waals surface area contributed by atoms with Gasteiger partial charge >= 0.3 is 0 Å². The van der Waals surface area contributed by atoms with Crippen molar-refractivity contribution in [1.82, 2.24) is 0 Å². The molecule has 0 saturated heterocycles. The smallest absolute Gasteiger partial charge is 0.0887 e. The van der Waals surface area contributed by atoms with E-state index in [1.807, 2.05) is 0 Å². The fourth-order valence-electron chi connectivity index (χ4n) is 2.76. The van der Waals surface area contributed by atoms with Crippen LogP contribution in [0.4, 0.5) is 0 Å². The van der Waals surface area contributed by atoms with E-state index in [1.54, 1.807) is 11.3 Å². The van der Waals surface area contributed by atoms with E-state index in [0.29, 0.717) is 16.2 Å².